The maximum atomic E-state index is 13.3. The molecule has 1 N–H and O–H groups in total. The lowest BCUT2D eigenvalue weighted by molar-refractivity contribution is -0.117. The van der Waals surface area contributed by atoms with Crippen molar-refractivity contribution in [2.75, 3.05) is 5.32 Å². The van der Waals surface area contributed by atoms with Gasteiger partial charge >= 0.3 is 0 Å². The number of nitrogens with one attached hydrogen (secondary N) is 1. The third-order valence-corrected chi connectivity index (χ3v) is 3.00. The van der Waals surface area contributed by atoms with Crippen molar-refractivity contribution in [1.82, 2.24) is 0 Å². The average Bonchev–Trinajstić information content (AvgIpc) is 2.91. The van der Waals surface area contributed by atoms with Crippen molar-refractivity contribution >= 4 is 11.6 Å². The van der Waals surface area contributed by atoms with Gasteiger partial charge in [-0.2, -0.15) is 0 Å². The van der Waals surface area contributed by atoms with Gasteiger partial charge in [-0.1, -0.05) is 12.1 Å². The van der Waals surface area contributed by atoms with Crippen molar-refractivity contribution in [1.29, 1.82) is 0 Å². The van der Waals surface area contributed by atoms with Crippen LogP contribution in [0.3, 0.4) is 0 Å². The molecule has 0 bridgehead atoms. The zero-order valence-corrected chi connectivity index (χ0v) is 7.59. The van der Waals surface area contributed by atoms with Crippen LogP contribution in [0.2, 0.25) is 0 Å². The summed E-state index contributed by atoms with van der Waals surface area (Å²) in [6, 6.07) is 4.90. The van der Waals surface area contributed by atoms with E-state index in [0.29, 0.717) is 11.6 Å². The van der Waals surface area contributed by atoms with Gasteiger partial charge < -0.3 is 5.32 Å². The van der Waals surface area contributed by atoms with Crippen molar-refractivity contribution in [3.8, 4) is 0 Å². The van der Waals surface area contributed by atoms with E-state index in [1.165, 1.54) is 6.07 Å². The molecular formula is C11H10FNO. The van der Waals surface area contributed by atoms with Gasteiger partial charge in [0, 0.05) is 0 Å². The molecular weight excluding hydrogens is 181 g/mol. The van der Waals surface area contributed by atoms with Crippen LogP contribution < -0.4 is 5.32 Å². The molecule has 3 heteroatoms. The van der Waals surface area contributed by atoms with Crippen molar-refractivity contribution < 1.29 is 9.18 Å². The van der Waals surface area contributed by atoms with Gasteiger partial charge in [0.1, 0.15) is 5.82 Å². The summed E-state index contributed by atoms with van der Waals surface area (Å²) in [5.74, 6) is -0.00894. The van der Waals surface area contributed by atoms with E-state index in [4.69, 9.17) is 0 Å². The Morgan fingerprint density at radius 2 is 2.14 bits per heavy atom. The molecule has 1 heterocycles. The highest BCUT2D eigenvalue weighted by molar-refractivity contribution is 6.03. The summed E-state index contributed by atoms with van der Waals surface area (Å²) in [4.78, 5) is 11.6. The Kier molecular flexibility index (Phi) is 1.46. The number of benzene rings is 1. The van der Waals surface area contributed by atoms with Gasteiger partial charge in [-0.15, -0.1) is 0 Å². The Morgan fingerprint density at radius 3 is 2.86 bits per heavy atom. The van der Waals surface area contributed by atoms with Gasteiger partial charge in [-0.3, -0.25) is 4.79 Å². The Hall–Kier alpha value is -1.38. The number of rotatable bonds is 1. The van der Waals surface area contributed by atoms with Crippen LogP contribution in [-0.2, 0) is 4.79 Å². The zero-order chi connectivity index (χ0) is 9.71. The molecule has 72 valence electrons. The fourth-order valence-corrected chi connectivity index (χ4v) is 2.17. The molecule has 0 spiro atoms. The van der Waals surface area contributed by atoms with Crippen LogP contribution in [0.5, 0.6) is 0 Å². The van der Waals surface area contributed by atoms with E-state index in [1.54, 1.807) is 6.07 Å². The maximum absolute atomic E-state index is 13.3. The summed E-state index contributed by atoms with van der Waals surface area (Å²) in [6.45, 7) is 0. The van der Waals surface area contributed by atoms with E-state index in [-0.39, 0.29) is 17.6 Å². The Bertz CT molecular complexity index is 412. The second-order valence-electron chi connectivity index (χ2n) is 4.01. The fourth-order valence-electron chi connectivity index (χ4n) is 2.17. The minimum absolute atomic E-state index is 0.0346. The number of carbonyl (C=O) groups is 1. The van der Waals surface area contributed by atoms with Gasteiger partial charge in [0.25, 0.3) is 0 Å². The van der Waals surface area contributed by atoms with E-state index in [1.807, 2.05) is 6.07 Å². The lowest BCUT2D eigenvalue weighted by Gasteiger charge is -2.05. The molecule has 1 atom stereocenters. The first-order valence-corrected chi connectivity index (χ1v) is 4.86. The second-order valence-corrected chi connectivity index (χ2v) is 4.01. The highest BCUT2D eigenvalue weighted by Crippen LogP contribution is 2.48. The molecule has 1 aromatic carbocycles. The van der Waals surface area contributed by atoms with Gasteiger partial charge in [0.2, 0.25) is 5.91 Å². The predicted octanol–water partition coefficient (Wildman–Crippen LogP) is 2.27. The van der Waals surface area contributed by atoms with Crippen LogP contribution >= 0.6 is 0 Å². The summed E-state index contributed by atoms with van der Waals surface area (Å²) in [5.41, 5.74) is 1.24. The van der Waals surface area contributed by atoms with Gasteiger partial charge in [-0.25, -0.2) is 4.39 Å². The molecule has 2 aliphatic rings. The first-order valence-electron chi connectivity index (χ1n) is 4.86. The number of fused-ring (bicyclic) bond motifs is 1. The predicted molar refractivity (Wildman–Crippen MR) is 50.5 cm³/mol. The highest BCUT2D eigenvalue weighted by atomic mass is 19.1. The molecule has 1 aromatic rings. The Balaban J connectivity index is 2.12. The van der Waals surface area contributed by atoms with E-state index < -0.39 is 0 Å². The van der Waals surface area contributed by atoms with E-state index >= 15 is 0 Å². The van der Waals surface area contributed by atoms with Crippen molar-refractivity contribution in [3.05, 3.63) is 29.6 Å². The standard InChI is InChI=1S/C11H10FNO/c12-8-3-1-2-7-9(6-4-5-6)11(14)13-10(7)8/h1-3,6,9H,4-5H2,(H,13,14). The molecule has 1 saturated carbocycles. The zero-order valence-electron chi connectivity index (χ0n) is 7.59. The number of hydrogen-bond donors (Lipinski definition) is 1. The molecule has 0 aromatic heterocycles. The number of halogens is 1. The first-order chi connectivity index (χ1) is 6.77. The number of hydrogen-bond acceptors (Lipinski definition) is 1. The third kappa shape index (κ3) is 0.983. The van der Waals surface area contributed by atoms with Gasteiger partial charge in [0.15, 0.2) is 0 Å². The number of anilines is 1. The van der Waals surface area contributed by atoms with Crippen molar-refractivity contribution in [2.24, 2.45) is 5.92 Å². The summed E-state index contributed by atoms with van der Waals surface area (Å²) < 4.78 is 13.3. The molecule has 1 aliphatic carbocycles. The molecule has 2 nitrogen and oxygen atoms in total. The van der Waals surface area contributed by atoms with E-state index in [0.717, 1.165) is 18.4 Å². The molecule has 3 rings (SSSR count). The number of para-hydroxylation sites is 1. The topological polar surface area (TPSA) is 29.1 Å². The molecule has 1 amide bonds. The molecule has 14 heavy (non-hydrogen) atoms. The quantitative estimate of drug-likeness (QED) is 0.724. The minimum atomic E-state index is -0.320. The lowest BCUT2D eigenvalue weighted by Crippen LogP contribution is -2.13. The third-order valence-electron chi connectivity index (χ3n) is 3.00. The minimum Gasteiger partial charge on any atom is -0.323 e. The van der Waals surface area contributed by atoms with Crippen LogP contribution in [-0.4, -0.2) is 5.91 Å². The highest BCUT2D eigenvalue weighted by Gasteiger charge is 2.42. The Morgan fingerprint density at radius 1 is 1.36 bits per heavy atom. The smallest absolute Gasteiger partial charge is 0.232 e. The summed E-state index contributed by atoms with van der Waals surface area (Å²) in [6.07, 6.45) is 2.18. The van der Waals surface area contributed by atoms with E-state index in [2.05, 4.69) is 5.32 Å². The lowest BCUT2D eigenvalue weighted by atomic mass is 9.96. The molecule has 1 fully saturated rings. The van der Waals surface area contributed by atoms with Crippen molar-refractivity contribution in [2.45, 2.75) is 18.8 Å². The summed E-state index contributed by atoms with van der Waals surface area (Å²) in [5, 5.41) is 2.62. The van der Waals surface area contributed by atoms with E-state index in [9.17, 15) is 9.18 Å². The summed E-state index contributed by atoms with van der Waals surface area (Å²) >= 11 is 0. The van der Waals surface area contributed by atoms with Crippen LogP contribution in [0, 0.1) is 11.7 Å². The first kappa shape index (κ1) is 7.97. The molecule has 0 saturated heterocycles. The molecule has 1 unspecified atom stereocenters. The van der Waals surface area contributed by atoms with Crippen LogP contribution in [0.1, 0.15) is 24.3 Å². The van der Waals surface area contributed by atoms with Crippen molar-refractivity contribution in [3.63, 3.8) is 0 Å². The maximum Gasteiger partial charge on any atom is 0.232 e. The monoisotopic (exact) mass is 191 g/mol. The Labute approximate surface area is 81.1 Å². The normalized spacial score (nSPS) is 24.6. The fraction of sp³-hybridized carbons (Fsp3) is 0.364. The molecule has 1 aliphatic heterocycles. The summed E-state index contributed by atoms with van der Waals surface area (Å²) in [7, 11) is 0. The number of amides is 1. The van der Waals surface area contributed by atoms with Crippen LogP contribution in [0.15, 0.2) is 18.2 Å². The number of carbonyl (C=O) groups excluding carboxylic acids is 1. The second kappa shape index (κ2) is 2.56. The van der Waals surface area contributed by atoms with Crippen LogP contribution in [0.25, 0.3) is 0 Å². The van der Waals surface area contributed by atoms with Gasteiger partial charge in [0.05, 0.1) is 11.6 Å². The molecule has 0 radical (unpaired) electrons. The largest absolute Gasteiger partial charge is 0.323 e. The van der Waals surface area contributed by atoms with Gasteiger partial charge in [-0.05, 0) is 30.4 Å². The average molecular weight is 191 g/mol. The SMILES string of the molecule is O=C1Nc2c(F)cccc2C1C1CC1. The van der Waals surface area contributed by atoms with Crippen LogP contribution in [0.4, 0.5) is 10.1 Å².